The first kappa shape index (κ1) is 20.0. The summed E-state index contributed by atoms with van der Waals surface area (Å²) < 4.78 is 0. The fourth-order valence-corrected chi connectivity index (χ4v) is 2.00. The van der Waals surface area contributed by atoms with Crippen molar-refractivity contribution in [3.05, 3.63) is 0 Å². The molecule has 2 rings (SSSR count). The van der Waals surface area contributed by atoms with E-state index in [0.717, 1.165) is 23.7 Å². The maximum atomic E-state index is 8.14. The topological polar surface area (TPSA) is 20.2 Å². The van der Waals surface area contributed by atoms with Gasteiger partial charge >= 0.3 is 0 Å². The average Bonchev–Trinajstić information content (AvgIpc) is 3.22. The molecule has 2 fully saturated rings. The minimum Gasteiger partial charge on any atom is -0.396 e. The lowest BCUT2D eigenvalue weighted by atomic mass is 10.1. The molecule has 0 unspecified atom stereocenters. The van der Waals surface area contributed by atoms with Crippen LogP contribution in [0, 0.1) is 29.6 Å². The molecule has 122 valence electrons. The van der Waals surface area contributed by atoms with Crippen LogP contribution in [0.1, 0.15) is 86.5 Å². The van der Waals surface area contributed by atoms with Crippen LogP contribution in [0.5, 0.6) is 0 Å². The molecule has 0 saturated heterocycles. The number of rotatable bonds is 6. The van der Waals surface area contributed by atoms with Gasteiger partial charge in [-0.3, -0.25) is 0 Å². The summed E-state index contributed by atoms with van der Waals surface area (Å²) in [6.45, 7) is 13.5. The zero-order chi connectivity index (χ0) is 15.5. The van der Waals surface area contributed by atoms with Crippen molar-refractivity contribution in [3.8, 4) is 0 Å². The van der Waals surface area contributed by atoms with E-state index in [1.165, 1.54) is 44.9 Å². The Labute approximate surface area is 128 Å². The highest BCUT2D eigenvalue weighted by molar-refractivity contribution is 4.73. The van der Waals surface area contributed by atoms with E-state index in [-0.39, 0.29) is 0 Å². The van der Waals surface area contributed by atoms with Crippen molar-refractivity contribution in [3.63, 3.8) is 0 Å². The SMILES string of the molecule is CC(C)CC1CC1.CC(C)CCC1CC1.CC(C)CO. The van der Waals surface area contributed by atoms with E-state index in [1.54, 1.807) is 0 Å². The highest BCUT2D eigenvalue weighted by atomic mass is 16.3. The third kappa shape index (κ3) is 18.0. The molecule has 0 atom stereocenters. The summed E-state index contributed by atoms with van der Waals surface area (Å²) in [6.07, 6.45) is 10.5. The van der Waals surface area contributed by atoms with Gasteiger partial charge in [-0.1, -0.05) is 80.1 Å². The highest BCUT2D eigenvalue weighted by Gasteiger charge is 2.21. The summed E-state index contributed by atoms with van der Waals surface area (Å²) in [4.78, 5) is 0. The van der Waals surface area contributed by atoms with Crippen LogP contribution in [-0.4, -0.2) is 11.7 Å². The van der Waals surface area contributed by atoms with Crippen molar-refractivity contribution in [2.75, 3.05) is 6.61 Å². The molecular weight excluding hydrogens is 244 g/mol. The molecule has 0 bridgehead atoms. The average molecular weight is 285 g/mol. The Balaban J connectivity index is 0.000000280. The van der Waals surface area contributed by atoms with Crippen molar-refractivity contribution >= 4 is 0 Å². The van der Waals surface area contributed by atoms with Crippen LogP contribution < -0.4 is 0 Å². The summed E-state index contributed by atoms with van der Waals surface area (Å²) in [5.74, 6) is 4.57. The van der Waals surface area contributed by atoms with Crippen LogP contribution in [0.4, 0.5) is 0 Å². The monoisotopic (exact) mass is 284 g/mol. The molecule has 0 aromatic heterocycles. The Morgan fingerprint density at radius 2 is 1.20 bits per heavy atom. The van der Waals surface area contributed by atoms with Gasteiger partial charge in [-0.25, -0.2) is 0 Å². The largest absolute Gasteiger partial charge is 0.396 e. The first-order valence-electron chi connectivity index (χ1n) is 8.95. The molecule has 0 aliphatic heterocycles. The zero-order valence-electron chi connectivity index (χ0n) is 15.0. The molecule has 1 nitrogen and oxygen atoms in total. The molecule has 20 heavy (non-hydrogen) atoms. The van der Waals surface area contributed by atoms with E-state index in [2.05, 4.69) is 27.7 Å². The first-order valence-corrected chi connectivity index (χ1v) is 8.95. The lowest BCUT2D eigenvalue weighted by molar-refractivity contribution is 0.248. The Morgan fingerprint density at radius 1 is 0.750 bits per heavy atom. The van der Waals surface area contributed by atoms with Gasteiger partial charge in [-0.15, -0.1) is 0 Å². The fraction of sp³-hybridized carbons (Fsp3) is 1.00. The molecular formula is C19H40O. The van der Waals surface area contributed by atoms with Crippen molar-refractivity contribution in [2.24, 2.45) is 29.6 Å². The molecule has 0 aromatic rings. The van der Waals surface area contributed by atoms with Crippen molar-refractivity contribution < 1.29 is 5.11 Å². The predicted molar refractivity (Wildman–Crippen MR) is 90.9 cm³/mol. The summed E-state index contributed by atoms with van der Waals surface area (Å²) in [7, 11) is 0. The second kappa shape index (κ2) is 11.6. The van der Waals surface area contributed by atoms with Crippen molar-refractivity contribution in [2.45, 2.75) is 86.5 Å². The highest BCUT2D eigenvalue weighted by Crippen LogP contribution is 2.35. The number of hydrogen-bond acceptors (Lipinski definition) is 1. The molecule has 0 heterocycles. The number of hydrogen-bond donors (Lipinski definition) is 1. The van der Waals surface area contributed by atoms with Crippen LogP contribution in [0.25, 0.3) is 0 Å². The molecule has 0 spiro atoms. The van der Waals surface area contributed by atoms with E-state index < -0.39 is 0 Å². The maximum absolute atomic E-state index is 8.14. The second-order valence-electron chi connectivity index (χ2n) is 8.06. The van der Waals surface area contributed by atoms with Gasteiger partial charge < -0.3 is 5.11 Å². The maximum Gasteiger partial charge on any atom is 0.0453 e. The van der Waals surface area contributed by atoms with Gasteiger partial charge in [0.2, 0.25) is 0 Å². The van der Waals surface area contributed by atoms with E-state index in [9.17, 15) is 0 Å². The summed E-state index contributed by atoms with van der Waals surface area (Å²) in [5.41, 5.74) is 0. The van der Waals surface area contributed by atoms with Gasteiger partial charge in [-0.05, 0) is 36.0 Å². The summed E-state index contributed by atoms with van der Waals surface area (Å²) in [5, 5.41) is 8.14. The zero-order valence-corrected chi connectivity index (χ0v) is 15.0. The van der Waals surface area contributed by atoms with Crippen molar-refractivity contribution in [1.29, 1.82) is 0 Å². The van der Waals surface area contributed by atoms with Crippen LogP contribution in [0.3, 0.4) is 0 Å². The molecule has 0 radical (unpaired) electrons. The van der Waals surface area contributed by atoms with Crippen LogP contribution in [-0.2, 0) is 0 Å². The quantitative estimate of drug-likeness (QED) is 0.643. The molecule has 0 amide bonds. The molecule has 1 N–H and O–H groups in total. The minimum absolute atomic E-state index is 0.306. The predicted octanol–water partition coefficient (Wildman–Crippen LogP) is 5.91. The van der Waals surface area contributed by atoms with E-state index in [0.29, 0.717) is 12.5 Å². The third-order valence-corrected chi connectivity index (χ3v) is 3.72. The van der Waals surface area contributed by atoms with Crippen LogP contribution in [0.15, 0.2) is 0 Å². The molecule has 2 aliphatic carbocycles. The van der Waals surface area contributed by atoms with Crippen LogP contribution in [0.2, 0.25) is 0 Å². The second-order valence-corrected chi connectivity index (χ2v) is 8.06. The molecule has 2 saturated carbocycles. The van der Waals surface area contributed by atoms with Gasteiger partial charge in [0.1, 0.15) is 0 Å². The molecule has 1 heteroatoms. The number of aliphatic hydroxyl groups is 1. The van der Waals surface area contributed by atoms with Crippen molar-refractivity contribution in [1.82, 2.24) is 0 Å². The summed E-state index contributed by atoms with van der Waals surface area (Å²) in [6, 6.07) is 0. The molecule has 0 aromatic carbocycles. The van der Waals surface area contributed by atoms with E-state index in [4.69, 9.17) is 5.11 Å². The Bertz CT molecular complexity index is 198. The van der Waals surface area contributed by atoms with Gasteiger partial charge in [0.15, 0.2) is 0 Å². The Hall–Kier alpha value is -0.0400. The Kier molecular flexibility index (Phi) is 11.6. The number of aliphatic hydroxyl groups excluding tert-OH is 1. The lowest BCUT2D eigenvalue weighted by Gasteiger charge is -2.00. The van der Waals surface area contributed by atoms with Gasteiger partial charge in [-0.2, -0.15) is 0 Å². The first-order chi connectivity index (χ1) is 9.35. The minimum atomic E-state index is 0.306. The van der Waals surface area contributed by atoms with Gasteiger partial charge in [0.25, 0.3) is 0 Å². The summed E-state index contributed by atoms with van der Waals surface area (Å²) >= 11 is 0. The van der Waals surface area contributed by atoms with E-state index in [1.807, 2.05) is 13.8 Å². The Morgan fingerprint density at radius 3 is 1.40 bits per heavy atom. The van der Waals surface area contributed by atoms with E-state index >= 15 is 0 Å². The third-order valence-electron chi connectivity index (χ3n) is 3.72. The normalized spacial score (nSPS) is 17.7. The van der Waals surface area contributed by atoms with Gasteiger partial charge in [0, 0.05) is 6.61 Å². The molecule has 2 aliphatic rings. The fourth-order valence-electron chi connectivity index (χ4n) is 2.00. The lowest BCUT2D eigenvalue weighted by Crippen LogP contribution is -1.90. The van der Waals surface area contributed by atoms with Gasteiger partial charge in [0.05, 0.1) is 0 Å². The van der Waals surface area contributed by atoms with Crippen LogP contribution >= 0.6 is 0 Å². The smallest absolute Gasteiger partial charge is 0.0453 e. The standard InChI is InChI=1S/C8H16.C7H14.C4H10O/c1-7(2)3-4-8-5-6-8;1-6(2)5-7-3-4-7;1-4(2)3-5/h7-8H,3-6H2,1-2H3;6-7H,3-5H2,1-2H3;4-5H,3H2,1-2H3.